The topological polar surface area (TPSA) is 64.6 Å². The van der Waals surface area contributed by atoms with Gasteiger partial charge in [-0.15, -0.1) is 0 Å². The number of benzene rings is 3. The average molecular weight is 347 g/mol. The fourth-order valence-corrected chi connectivity index (χ4v) is 3.75. The van der Waals surface area contributed by atoms with Gasteiger partial charge in [0, 0.05) is 32.6 Å². The van der Waals surface area contributed by atoms with E-state index in [0.29, 0.717) is 54.9 Å². The molecular weight excluding hydrogens is 336 g/mol. The first kappa shape index (κ1) is 14.7. The van der Waals surface area contributed by atoms with Crippen molar-refractivity contribution in [2.45, 2.75) is 0 Å². The molecule has 0 fully saturated rings. The van der Waals surface area contributed by atoms with Gasteiger partial charge in [0.05, 0.1) is 23.7 Å². The summed E-state index contributed by atoms with van der Waals surface area (Å²) >= 11 is 0. The van der Waals surface area contributed by atoms with Crippen LogP contribution in [0.3, 0.4) is 0 Å². The number of rotatable bonds is 1. The Kier molecular flexibility index (Phi) is 2.81. The molecule has 0 atom stereocenters. The molecule has 0 aliphatic rings. The number of aromatic amines is 2. The third-order valence-corrected chi connectivity index (χ3v) is 4.79. The Morgan fingerprint density at radius 3 is 1.81 bits per heavy atom. The zero-order chi connectivity index (χ0) is 18.0. The number of methoxy groups -OCH3 is 1. The lowest BCUT2D eigenvalue weighted by atomic mass is 10.00. The van der Waals surface area contributed by atoms with E-state index in [2.05, 4.69) is 16.0 Å². The van der Waals surface area contributed by atoms with Crippen LogP contribution in [-0.2, 0) is 0 Å². The van der Waals surface area contributed by atoms with Crippen LogP contribution >= 0.6 is 0 Å². The highest BCUT2D eigenvalue weighted by Gasteiger charge is 2.22. The van der Waals surface area contributed by atoms with Crippen molar-refractivity contribution in [3.63, 3.8) is 0 Å². The third kappa shape index (κ3) is 1.74. The standard InChI is InChI=1S/C20H11F2N3O/c1-26-20-18-16(11-6-9(21)2-4-14(11)24-18)13(8-23)17-12-7-10(22)3-5-15(12)25-19(17)20/h2-7,24-25H,1H3. The van der Waals surface area contributed by atoms with Crippen molar-refractivity contribution in [3.8, 4) is 11.8 Å². The summed E-state index contributed by atoms with van der Waals surface area (Å²) in [5, 5.41) is 12.2. The van der Waals surface area contributed by atoms with Gasteiger partial charge >= 0.3 is 0 Å². The molecule has 0 saturated heterocycles. The van der Waals surface area contributed by atoms with Crippen LogP contribution < -0.4 is 4.74 Å². The quantitative estimate of drug-likeness (QED) is 0.442. The van der Waals surface area contributed by atoms with Gasteiger partial charge in [-0.05, 0) is 36.4 Å². The maximum Gasteiger partial charge on any atom is 0.167 e. The first-order chi connectivity index (χ1) is 12.6. The Bertz CT molecular complexity index is 1310. The van der Waals surface area contributed by atoms with E-state index in [-0.39, 0.29) is 0 Å². The molecule has 0 aliphatic carbocycles. The second kappa shape index (κ2) is 4.96. The van der Waals surface area contributed by atoms with Gasteiger partial charge in [-0.25, -0.2) is 8.78 Å². The molecule has 3 aromatic carbocycles. The van der Waals surface area contributed by atoms with Crippen LogP contribution in [0.5, 0.6) is 5.75 Å². The van der Waals surface area contributed by atoms with Gasteiger partial charge in [0.15, 0.2) is 5.75 Å². The smallest absolute Gasteiger partial charge is 0.167 e. The van der Waals surface area contributed by atoms with Crippen LogP contribution in [0.2, 0.25) is 0 Å². The number of nitrogens with zero attached hydrogens (tertiary/aromatic N) is 1. The zero-order valence-corrected chi connectivity index (χ0v) is 13.6. The lowest BCUT2D eigenvalue weighted by Crippen LogP contribution is -1.90. The predicted molar refractivity (Wildman–Crippen MR) is 96.4 cm³/mol. The van der Waals surface area contributed by atoms with E-state index in [1.54, 1.807) is 12.1 Å². The minimum atomic E-state index is -0.397. The van der Waals surface area contributed by atoms with Crippen LogP contribution in [0, 0.1) is 23.0 Å². The van der Waals surface area contributed by atoms with Crippen LogP contribution in [-0.4, -0.2) is 17.1 Å². The number of nitriles is 1. The van der Waals surface area contributed by atoms with E-state index in [4.69, 9.17) is 4.74 Å². The highest BCUT2D eigenvalue weighted by Crippen LogP contribution is 2.43. The molecule has 0 bridgehead atoms. The number of fused-ring (bicyclic) bond motifs is 6. The van der Waals surface area contributed by atoms with Crippen molar-refractivity contribution >= 4 is 43.6 Å². The van der Waals surface area contributed by atoms with Crippen molar-refractivity contribution in [1.29, 1.82) is 5.26 Å². The van der Waals surface area contributed by atoms with E-state index >= 15 is 0 Å². The minimum absolute atomic E-state index is 0.351. The second-order valence-electron chi connectivity index (χ2n) is 6.15. The summed E-state index contributed by atoms with van der Waals surface area (Å²) in [6.45, 7) is 0. The van der Waals surface area contributed by atoms with Crippen LogP contribution in [0.1, 0.15) is 5.56 Å². The molecule has 2 heterocycles. The highest BCUT2D eigenvalue weighted by atomic mass is 19.1. The maximum atomic E-state index is 13.8. The molecule has 0 unspecified atom stereocenters. The van der Waals surface area contributed by atoms with Gasteiger partial charge in [-0.3, -0.25) is 0 Å². The van der Waals surface area contributed by atoms with Crippen molar-refractivity contribution in [2.75, 3.05) is 7.11 Å². The third-order valence-electron chi connectivity index (χ3n) is 4.79. The maximum absolute atomic E-state index is 13.8. The first-order valence-corrected chi connectivity index (χ1v) is 7.94. The number of H-pyrrole nitrogens is 2. The number of nitrogens with one attached hydrogen (secondary N) is 2. The van der Waals surface area contributed by atoms with Crippen LogP contribution in [0.15, 0.2) is 36.4 Å². The van der Waals surface area contributed by atoms with E-state index in [1.165, 1.54) is 31.4 Å². The van der Waals surface area contributed by atoms with E-state index < -0.39 is 11.6 Å². The highest BCUT2D eigenvalue weighted by molar-refractivity contribution is 6.24. The van der Waals surface area contributed by atoms with Gasteiger partial charge in [-0.1, -0.05) is 0 Å². The van der Waals surface area contributed by atoms with Gasteiger partial charge < -0.3 is 14.7 Å². The average Bonchev–Trinajstić information content (AvgIpc) is 3.18. The van der Waals surface area contributed by atoms with E-state index in [1.807, 2.05) is 0 Å². The Morgan fingerprint density at radius 1 is 0.885 bits per heavy atom. The van der Waals surface area contributed by atoms with E-state index in [0.717, 1.165) is 0 Å². The SMILES string of the molecule is COc1c2[nH]c3ccc(F)cc3c2c(C#N)c2c1[nH]c1ccc(F)cc12. The Hall–Kier alpha value is -3.59. The summed E-state index contributed by atoms with van der Waals surface area (Å²) in [4.78, 5) is 6.42. The summed E-state index contributed by atoms with van der Waals surface area (Å²) < 4.78 is 33.3. The predicted octanol–water partition coefficient (Wildman–Crippen LogP) is 5.11. The van der Waals surface area contributed by atoms with Gasteiger partial charge in [0.1, 0.15) is 17.7 Å². The molecule has 0 saturated carbocycles. The molecule has 0 amide bonds. The molecule has 5 rings (SSSR count). The molecule has 0 radical (unpaired) electrons. The monoisotopic (exact) mass is 347 g/mol. The zero-order valence-electron chi connectivity index (χ0n) is 13.6. The molecule has 2 N–H and O–H groups in total. The number of halogens is 2. The normalized spacial score (nSPS) is 11.6. The van der Waals surface area contributed by atoms with Crippen LogP contribution in [0.25, 0.3) is 43.6 Å². The lowest BCUT2D eigenvalue weighted by Gasteiger charge is -2.06. The Morgan fingerprint density at radius 2 is 1.38 bits per heavy atom. The van der Waals surface area contributed by atoms with Crippen LogP contribution in [0.4, 0.5) is 8.78 Å². The molecule has 126 valence electrons. The molecule has 4 nitrogen and oxygen atoms in total. The van der Waals surface area contributed by atoms with Crippen molar-refractivity contribution in [2.24, 2.45) is 0 Å². The summed E-state index contributed by atoms with van der Waals surface area (Å²) in [5.41, 5.74) is 2.94. The van der Waals surface area contributed by atoms with Gasteiger partial charge in [0.25, 0.3) is 0 Å². The number of aromatic nitrogens is 2. The first-order valence-electron chi connectivity index (χ1n) is 7.94. The lowest BCUT2D eigenvalue weighted by molar-refractivity contribution is 0.423. The van der Waals surface area contributed by atoms with Crippen molar-refractivity contribution in [3.05, 3.63) is 53.6 Å². The molecule has 6 heteroatoms. The molecule has 0 spiro atoms. The summed E-state index contributed by atoms with van der Waals surface area (Å²) in [7, 11) is 1.53. The second-order valence-corrected chi connectivity index (χ2v) is 6.15. The fraction of sp³-hybridized carbons (Fsp3) is 0.0500. The largest absolute Gasteiger partial charge is 0.492 e. The molecule has 5 aromatic rings. The summed E-state index contributed by atoms with van der Waals surface area (Å²) in [6, 6.07) is 10.9. The van der Waals surface area contributed by atoms with Crippen molar-refractivity contribution in [1.82, 2.24) is 9.97 Å². The van der Waals surface area contributed by atoms with Gasteiger partial charge in [0.2, 0.25) is 0 Å². The summed E-state index contributed by atoms with van der Waals surface area (Å²) in [6.07, 6.45) is 0. The molecule has 0 aliphatic heterocycles. The molecule has 26 heavy (non-hydrogen) atoms. The Balaban J connectivity index is 2.16. The van der Waals surface area contributed by atoms with Crippen molar-refractivity contribution < 1.29 is 13.5 Å². The fourth-order valence-electron chi connectivity index (χ4n) is 3.75. The molecule has 2 aromatic heterocycles. The Labute approximate surface area is 145 Å². The molecular formula is C20H11F2N3O. The summed E-state index contributed by atoms with van der Waals surface area (Å²) in [5.74, 6) is -0.292. The number of hydrogen-bond donors (Lipinski definition) is 2. The number of hydrogen-bond acceptors (Lipinski definition) is 2. The van der Waals surface area contributed by atoms with Gasteiger partial charge in [-0.2, -0.15) is 5.26 Å². The minimum Gasteiger partial charge on any atom is -0.492 e. The number of ether oxygens (including phenoxy) is 1. The van der Waals surface area contributed by atoms with E-state index in [9.17, 15) is 14.0 Å².